The lowest BCUT2D eigenvalue weighted by molar-refractivity contribution is -0.152. The van der Waals surface area contributed by atoms with Gasteiger partial charge >= 0.3 is 5.97 Å². The fraction of sp³-hybridized carbons (Fsp3) is 0.500. The van der Waals surface area contributed by atoms with Crippen LogP contribution in [0.25, 0.3) is 0 Å². The Labute approximate surface area is 112 Å². The minimum absolute atomic E-state index is 0.237. The second-order valence-electron chi connectivity index (χ2n) is 4.98. The molecule has 1 aromatic rings. The van der Waals surface area contributed by atoms with Crippen LogP contribution < -0.4 is 0 Å². The van der Waals surface area contributed by atoms with E-state index >= 15 is 0 Å². The number of esters is 1. The molecule has 0 saturated heterocycles. The Morgan fingerprint density at radius 3 is 2.94 bits per heavy atom. The summed E-state index contributed by atoms with van der Waals surface area (Å²) in [5, 5.41) is 10.4. The molecule has 3 nitrogen and oxygen atoms in total. The number of aliphatic hydroxyl groups is 1. The first-order chi connectivity index (χ1) is 8.55. The van der Waals surface area contributed by atoms with Crippen LogP contribution in [-0.2, 0) is 16.0 Å². The van der Waals surface area contributed by atoms with E-state index < -0.39 is 11.5 Å². The summed E-state index contributed by atoms with van der Waals surface area (Å²) in [4.78, 5) is 12.0. The minimum Gasteiger partial charge on any atom is -0.469 e. The number of hydrogen-bond donors (Lipinski definition) is 1. The Morgan fingerprint density at radius 2 is 2.39 bits per heavy atom. The summed E-state index contributed by atoms with van der Waals surface area (Å²) in [5.41, 5.74) is 0.403. The monoisotopic (exact) mass is 268 g/mol. The largest absolute Gasteiger partial charge is 0.469 e. The first-order valence-corrected chi connectivity index (χ1v) is 6.44. The highest BCUT2D eigenvalue weighted by Gasteiger charge is 2.45. The van der Waals surface area contributed by atoms with Crippen molar-refractivity contribution in [1.29, 1.82) is 0 Å². The molecule has 1 fully saturated rings. The smallest absolute Gasteiger partial charge is 0.312 e. The maximum Gasteiger partial charge on any atom is 0.312 e. The quantitative estimate of drug-likeness (QED) is 0.857. The van der Waals surface area contributed by atoms with Crippen LogP contribution in [0.5, 0.6) is 0 Å². The molecule has 0 aliphatic heterocycles. The molecule has 0 unspecified atom stereocenters. The molecule has 1 aliphatic rings. The van der Waals surface area contributed by atoms with Crippen LogP contribution in [0.1, 0.15) is 24.8 Å². The highest BCUT2D eigenvalue weighted by molar-refractivity contribution is 6.30. The van der Waals surface area contributed by atoms with Crippen molar-refractivity contribution in [3.63, 3.8) is 0 Å². The number of halogens is 1. The van der Waals surface area contributed by atoms with E-state index in [9.17, 15) is 9.90 Å². The van der Waals surface area contributed by atoms with E-state index in [1.54, 1.807) is 6.07 Å². The molecule has 0 radical (unpaired) electrons. The van der Waals surface area contributed by atoms with Gasteiger partial charge in [-0.1, -0.05) is 23.7 Å². The Balaban J connectivity index is 2.23. The molecule has 0 aromatic heterocycles. The summed E-state index contributed by atoms with van der Waals surface area (Å²) < 4.78 is 4.91. The van der Waals surface area contributed by atoms with Gasteiger partial charge < -0.3 is 9.84 Å². The second-order valence-corrected chi connectivity index (χ2v) is 5.41. The third kappa shape index (κ3) is 2.68. The van der Waals surface area contributed by atoms with Crippen LogP contribution in [0, 0.1) is 5.41 Å². The van der Waals surface area contributed by atoms with E-state index in [2.05, 4.69) is 0 Å². The van der Waals surface area contributed by atoms with Gasteiger partial charge in [0, 0.05) is 5.02 Å². The van der Waals surface area contributed by atoms with Crippen LogP contribution in [-0.4, -0.2) is 24.3 Å². The molecule has 2 rings (SSSR count). The van der Waals surface area contributed by atoms with Gasteiger partial charge in [0.15, 0.2) is 0 Å². The van der Waals surface area contributed by atoms with Crippen molar-refractivity contribution in [3.8, 4) is 0 Å². The standard InChI is InChI=1S/C14H17ClO3/c1-18-13(17)14(6-5-12(16)9-14)8-10-3-2-4-11(15)7-10/h2-4,7,12,16H,5-6,8-9H2,1H3/t12-,14-/m1/s1. The number of rotatable bonds is 3. The van der Waals surface area contributed by atoms with Crippen LogP contribution in [0.15, 0.2) is 24.3 Å². The number of carbonyl (C=O) groups excluding carboxylic acids is 1. The normalized spacial score (nSPS) is 27.2. The molecule has 0 bridgehead atoms. The maximum absolute atomic E-state index is 12.0. The van der Waals surface area contributed by atoms with Crippen molar-refractivity contribution in [1.82, 2.24) is 0 Å². The summed E-state index contributed by atoms with van der Waals surface area (Å²) in [7, 11) is 1.40. The highest BCUT2D eigenvalue weighted by Crippen LogP contribution is 2.42. The maximum atomic E-state index is 12.0. The second kappa shape index (κ2) is 5.29. The molecule has 2 atom stereocenters. The van der Waals surface area contributed by atoms with E-state index in [0.717, 1.165) is 5.56 Å². The number of aliphatic hydroxyl groups excluding tert-OH is 1. The van der Waals surface area contributed by atoms with Crippen molar-refractivity contribution in [2.45, 2.75) is 31.8 Å². The molecule has 0 amide bonds. The molecule has 1 aromatic carbocycles. The zero-order valence-electron chi connectivity index (χ0n) is 10.4. The Kier molecular flexibility index (Phi) is 3.93. The zero-order valence-corrected chi connectivity index (χ0v) is 11.1. The molecule has 0 spiro atoms. The summed E-state index contributed by atoms with van der Waals surface area (Å²) in [6.45, 7) is 0. The number of ether oxygens (including phenoxy) is 1. The van der Waals surface area contributed by atoms with Gasteiger partial charge in [0.2, 0.25) is 0 Å². The lowest BCUT2D eigenvalue weighted by Crippen LogP contribution is -2.32. The molecule has 0 heterocycles. The lowest BCUT2D eigenvalue weighted by atomic mass is 9.80. The van der Waals surface area contributed by atoms with Gasteiger partial charge in [-0.3, -0.25) is 4.79 Å². The predicted molar refractivity (Wildman–Crippen MR) is 69.5 cm³/mol. The zero-order chi connectivity index (χ0) is 13.2. The Morgan fingerprint density at radius 1 is 1.61 bits per heavy atom. The van der Waals surface area contributed by atoms with E-state index in [4.69, 9.17) is 16.3 Å². The van der Waals surface area contributed by atoms with Crippen molar-refractivity contribution in [2.75, 3.05) is 7.11 Å². The molecule has 4 heteroatoms. The first kappa shape index (κ1) is 13.4. The fourth-order valence-corrected chi connectivity index (χ4v) is 2.98. The van der Waals surface area contributed by atoms with Crippen LogP contribution in [0.2, 0.25) is 5.02 Å². The number of carbonyl (C=O) groups is 1. The van der Waals surface area contributed by atoms with Crippen molar-refractivity contribution >= 4 is 17.6 Å². The van der Waals surface area contributed by atoms with Gasteiger partial charge in [0.25, 0.3) is 0 Å². The highest BCUT2D eigenvalue weighted by atomic mass is 35.5. The van der Waals surface area contributed by atoms with Gasteiger partial charge in [0.05, 0.1) is 18.6 Å². The molecule has 98 valence electrons. The van der Waals surface area contributed by atoms with E-state index in [-0.39, 0.29) is 5.97 Å². The first-order valence-electron chi connectivity index (χ1n) is 6.07. The molecule has 18 heavy (non-hydrogen) atoms. The van der Waals surface area contributed by atoms with Gasteiger partial charge in [-0.15, -0.1) is 0 Å². The van der Waals surface area contributed by atoms with Crippen molar-refractivity contribution in [3.05, 3.63) is 34.9 Å². The third-order valence-corrected chi connectivity index (χ3v) is 3.87. The van der Waals surface area contributed by atoms with E-state index in [1.165, 1.54) is 7.11 Å². The topological polar surface area (TPSA) is 46.5 Å². The van der Waals surface area contributed by atoms with Gasteiger partial charge in [0.1, 0.15) is 0 Å². The molecular weight excluding hydrogens is 252 g/mol. The Hall–Kier alpha value is -1.06. The molecule has 1 N–H and O–H groups in total. The summed E-state index contributed by atoms with van der Waals surface area (Å²) in [6, 6.07) is 7.48. The number of benzene rings is 1. The van der Waals surface area contributed by atoms with Crippen molar-refractivity contribution < 1.29 is 14.6 Å². The van der Waals surface area contributed by atoms with Gasteiger partial charge in [-0.2, -0.15) is 0 Å². The van der Waals surface area contributed by atoms with E-state index in [1.807, 2.05) is 18.2 Å². The van der Waals surface area contributed by atoms with Crippen molar-refractivity contribution in [2.24, 2.45) is 5.41 Å². The summed E-state index contributed by atoms with van der Waals surface area (Å²) in [6.07, 6.45) is 1.93. The third-order valence-electron chi connectivity index (χ3n) is 3.63. The van der Waals surface area contributed by atoms with Gasteiger partial charge in [-0.25, -0.2) is 0 Å². The predicted octanol–water partition coefficient (Wildman–Crippen LogP) is 2.59. The van der Waals surface area contributed by atoms with E-state index in [0.29, 0.717) is 30.7 Å². The van der Waals surface area contributed by atoms with Crippen LogP contribution >= 0.6 is 11.6 Å². The average molecular weight is 269 g/mol. The number of hydrogen-bond acceptors (Lipinski definition) is 3. The molecular formula is C14H17ClO3. The fourth-order valence-electron chi connectivity index (χ4n) is 2.77. The van der Waals surface area contributed by atoms with Crippen LogP contribution in [0.4, 0.5) is 0 Å². The van der Waals surface area contributed by atoms with Gasteiger partial charge in [-0.05, 0) is 43.4 Å². The SMILES string of the molecule is COC(=O)[C@@]1(Cc2cccc(Cl)c2)CC[C@@H](O)C1. The number of methoxy groups -OCH3 is 1. The minimum atomic E-state index is -0.598. The summed E-state index contributed by atoms with van der Waals surface area (Å²) >= 11 is 5.95. The molecule has 1 aliphatic carbocycles. The van der Waals surface area contributed by atoms with Crippen LogP contribution in [0.3, 0.4) is 0 Å². The molecule has 1 saturated carbocycles. The lowest BCUT2D eigenvalue weighted by Gasteiger charge is -2.26. The average Bonchev–Trinajstić information content (AvgIpc) is 2.71. The summed E-state index contributed by atoms with van der Waals surface area (Å²) in [5.74, 6) is -0.237. The Bertz CT molecular complexity index is 446.